The number of hydrogen-bond acceptors (Lipinski definition) is 2. The molecule has 1 aromatic rings. The zero-order valence-electron chi connectivity index (χ0n) is 9.66. The van der Waals surface area contributed by atoms with Crippen LogP contribution in [-0.4, -0.2) is 17.8 Å². The molecule has 1 rings (SSSR count). The number of benzene rings is 1. The smallest absolute Gasteiger partial charge is 0.0709 e. The predicted octanol–water partition coefficient (Wildman–Crippen LogP) is 2.82. The van der Waals surface area contributed by atoms with Crippen molar-refractivity contribution in [1.82, 2.24) is 0 Å². The molecule has 15 heavy (non-hydrogen) atoms. The van der Waals surface area contributed by atoms with Gasteiger partial charge in [-0.25, -0.2) is 0 Å². The van der Waals surface area contributed by atoms with Gasteiger partial charge in [0.2, 0.25) is 0 Å². The minimum Gasteiger partial charge on any atom is -0.391 e. The second kappa shape index (κ2) is 6.46. The molecule has 0 radical (unpaired) electrons. The highest BCUT2D eigenvalue weighted by Crippen LogP contribution is 2.12. The summed E-state index contributed by atoms with van der Waals surface area (Å²) < 4.78 is 0. The SMILES string of the molecule is CCCc1cccc(NCC(O)CC)c1. The number of aryl methyl sites for hydroxylation is 1. The van der Waals surface area contributed by atoms with Crippen molar-refractivity contribution in [3.63, 3.8) is 0 Å². The molecule has 0 saturated heterocycles. The van der Waals surface area contributed by atoms with Crippen LogP contribution in [-0.2, 0) is 6.42 Å². The normalized spacial score (nSPS) is 12.5. The van der Waals surface area contributed by atoms with Crippen molar-refractivity contribution in [2.75, 3.05) is 11.9 Å². The van der Waals surface area contributed by atoms with Gasteiger partial charge in [0.25, 0.3) is 0 Å². The largest absolute Gasteiger partial charge is 0.391 e. The minimum atomic E-state index is -0.250. The van der Waals surface area contributed by atoms with Gasteiger partial charge in [0, 0.05) is 12.2 Å². The number of hydrogen-bond donors (Lipinski definition) is 2. The van der Waals surface area contributed by atoms with Crippen molar-refractivity contribution in [2.45, 2.75) is 39.2 Å². The van der Waals surface area contributed by atoms with Gasteiger partial charge in [-0.05, 0) is 30.5 Å². The Morgan fingerprint density at radius 1 is 1.33 bits per heavy atom. The first-order valence-corrected chi connectivity index (χ1v) is 5.77. The summed E-state index contributed by atoms with van der Waals surface area (Å²) in [4.78, 5) is 0. The average Bonchev–Trinajstić information content (AvgIpc) is 2.27. The maximum absolute atomic E-state index is 9.43. The van der Waals surface area contributed by atoms with Crippen LogP contribution in [0.3, 0.4) is 0 Å². The summed E-state index contributed by atoms with van der Waals surface area (Å²) in [6.07, 6.45) is 2.83. The molecule has 2 nitrogen and oxygen atoms in total. The van der Waals surface area contributed by atoms with Gasteiger partial charge in [0.1, 0.15) is 0 Å². The van der Waals surface area contributed by atoms with Gasteiger partial charge in [-0.3, -0.25) is 0 Å². The van der Waals surface area contributed by atoms with Crippen LogP contribution in [0, 0.1) is 0 Å². The first-order valence-electron chi connectivity index (χ1n) is 5.77. The van der Waals surface area contributed by atoms with E-state index in [1.165, 1.54) is 12.0 Å². The maximum atomic E-state index is 9.43. The molecule has 0 heterocycles. The van der Waals surface area contributed by atoms with E-state index in [0.29, 0.717) is 6.54 Å². The van der Waals surface area contributed by atoms with Crippen molar-refractivity contribution < 1.29 is 5.11 Å². The third kappa shape index (κ3) is 4.34. The Morgan fingerprint density at radius 2 is 2.13 bits per heavy atom. The zero-order valence-corrected chi connectivity index (χ0v) is 9.66. The van der Waals surface area contributed by atoms with Crippen LogP contribution in [0.4, 0.5) is 5.69 Å². The molecule has 0 aliphatic carbocycles. The van der Waals surface area contributed by atoms with E-state index in [9.17, 15) is 5.11 Å². The number of aliphatic hydroxyl groups is 1. The van der Waals surface area contributed by atoms with E-state index >= 15 is 0 Å². The van der Waals surface area contributed by atoms with Crippen LogP contribution in [0.15, 0.2) is 24.3 Å². The van der Waals surface area contributed by atoms with Crippen LogP contribution in [0.1, 0.15) is 32.3 Å². The Labute approximate surface area is 92.3 Å². The lowest BCUT2D eigenvalue weighted by Crippen LogP contribution is -2.18. The fraction of sp³-hybridized carbons (Fsp3) is 0.538. The lowest BCUT2D eigenvalue weighted by Gasteiger charge is -2.11. The van der Waals surface area contributed by atoms with Crippen LogP contribution in [0.2, 0.25) is 0 Å². The summed E-state index contributed by atoms with van der Waals surface area (Å²) >= 11 is 0. The van der Waals surface area contributed by atoms with E-state index in [0.717, 1.165) is 18.5 Å². The monoisotopic (exact) mass is 207 g/mol. The van der Waals surface area contributed by atoms with Gasteiger partial charge in [-0.1, -0.05) is 32.4 Å². The molecule has 0 spiro atoms. The van der Waals surface area contributed by atoms with Crippen molar-refractivity contribution in [3.8, 4) is 0 Å². The van der Waals surface area contributed by atoms with Crippen molar-refractivity contribution in [1.29, 1.82) is 0 Å². The number of anilines is 1. The zero-order chi connectivity index (χ0) is 11.1. The van der Waals surface area contributed by atoms with Gasteiger partial charge in [0.05, 0.1) is 6.10 Å². The summed E-state index contributed by atoms with van der Waals surface area (Å²) in [7, 11) is 0. The van der Waals surface area contributed by atoms with Crippen molar-refractivity contribution in [3.05, 3.63) is 29.8 Å². The number of aliphatic hydroxyl groups excluding tert-OH is 1. The molecule has 0 aromatic heterocycles. The van der Waals surface area contributed by atoms with Gasteiger partial charge >= 0.3 is 0 Å². The highest BCUT2D eigenvalue weighted by Gasteiger charge is 2.00. The van der Waals surface area contributed by atoms with E-state index in [1.54, 1.807) is 0 Å². The average molecular weight is 207 g/mol. The molecule has 2 heteroatoms. The fourth-order valence-electron chi connectivity index (χ4n) is 1.51. The quantitative estimate of drug-likeness (QED) is 0.751. The molecule has 0 aliphatic heterocycles. The Kier molecular flexibility index (Phi) is 5.19. The van der Waals surface area contributed by atoms with E-state index in [1.807, 2.05) is 13.0 Å². The van der Waals surface area contributed by atoms with Crippen LogP contribution < -0.4 is 5.32 Å². The predicted molar refractivity (Wildman–Crippen MR) is 65.2 cm³/mol. The van der Waals surface area contributed by atoms with E-state index < -0.39 is 0 Å². The molecule has 1 aromatic carbocycles. The highest BCUT2D eigenvalue weighted by molar-refractivity contribution is 5.45. The van der Waals surface area contributed by atoms with Gasteiger partial charge in [-0.15, -0.1) is 0 Å². The molecule has 0 saturated carbocycles. The summed E-state index contributed by atoms with van der Waals surface area (Å²) in [6, 6.07) is 8.41. The minimum absolute atomic E-state index is 0.250. The van der Waals surface area contributed by atoms with E-state index in [2.05, 4.69) is 30.4 Å². The topological polar surface area (TPSA) is 32.3 Å². The Hall–Kier alpha value is -1.02. The maximum Gasteiger partial charge on any atom is 0.0709 e. The molecule has 0 amide bonds. The summed E-state index contributed by atoms with van der Waals surface area (Å²) in [6.45, 7) is 4.80. The van der Waals surface area contributed by atoms with Crippen molar-refractivity contribution >= 4 is 5.69 Å². The molecule has 1 unspecified atom stereocenters. The van der Waals surface area contributed by atoms with Crippen molar-refractivity contribution in [2.24, 2.45) is 0 Å². The van der Waals surface area contributed by atoms with Gasteiger partial charge in [0.15, 0.2) is 0 Å². The second-order valence-corrected chi connectivity index (χ2v) is 3.89. The Bertz CT molecular complexity index is 286. The van der Waals surface area contributed by atoms with Gasteiger partial charge in [-0.2, -0.15) is 0 Å². The Morgan fingerprint density at radius 3 is 2.80 bits per heavy atom. The second-order valence-electron chi connectivity index (χ2n) is 3.89. The molecular weight excluding hydrogens is 186 g/mol. The highest BCUT2D eigenvalue weighted by atomic mass is 16.3. The summed E-state index contributed by atoms with van der Waals surface area (Å²) in [5, 5.41) is 12.7. The molecule has 0 fully saturated rings. The first kappa shape index (κ1) is 12.1. The number of nitrogens with one attached hydrogen (secondary N) is 1. The van der Waals surface area contributed by atoms with E-state index in [4.69, 9.17) is 0 Å². The molecule has 0 bridgehead atoms. The van der Waals surface area contributed by atoms with Crippen LogP contribution >= 0.6 is 0 Å². The standard InChI is InChI=1S/C13H21NO/c1-3-6-11-7-5-8-12(9-11)14-10-13(15)4-2/h5,7-9,13-15H,3-4,6,10H2,1-2H3. The summed E-state index contributed by atoms with van der Waals surface area (Å²) in [5.74, 6) is 0. The molecule has 84 valence electrons. The Balaban J connectivity index is 2.50. The third-order valence-electron chi connectivity index (χ3n) is 2.48. The molecule has 1 atom stereocenters. The fourth-order valence-corrected chi connectivity index (χ4v) is 1.51. The molecule has 0 aliphatic rings. The first-order chi connectivity index (χ1) is 7.26. The number of rotatable bonds is 6. The van der Waals surface area contributed by atoms with Gasteiger partial charge < -0.3 is 10.4 Å². The summed E-state index contributed by atoms with van der Waals surface area (Å²) in [5.41, 5.74) is 2.46. The van der Waals surface area contributed by atoms with Crippen LogP contribution in [0.5, 0.6) is 0 Å². The van der Waals surface area contributed by atoms with E-state index in [-0.39, 0.29) is 6.10 Å². The molecule has 2 N–H and O–H groups in total. The lowest BCUT2D eigenvalue weighted by atomic mass is 10.1. The lowest BCUT2D eigenvalue weighted by molar-refractivity contribution is 0.183. The van der Waals surface area contributed by atoms with Crippen LogP contribution in [0.25, 0.3) is 0 Å². The molecular formula is C13H21NO. The third-order valence-corrected chi connectivity index (χ3v) is 2.48.